The molecule has 18 heavy (non-hydrogen) atoms. The van der Waals surface area contributed by atoms with Gasteiger partial charge in [-0.25, -0.2) is 0 Å². The fourth-order valence-electron chi connectivity index (χ4n) is 2.36. The maximum absolute atomic E-state index is 12.1. The molecule has 1 fully saturated rings. The van der Waals surface area contributed by atoms with E-state index in [-0.39, 0.29) is 11.9 Å². The smallest absolute Gasteiger partial charge is 0.237 e. The summed E-state index contributed by atoms with van der Waals surface area (Å²) in [6.07, 6.45) is 6.69. The molecule has 0 bridgehead atoms. The molecule has 1 atom stereocenters. The highest BCUT2D eigenvalue weighted by atomic mass is 16.2. The lowest BCUT2D eigenvalue weighted by molar-refractivity contribution is -0.126. The van der Waals surface area contributed by atoms with Crippen molar-refractivity contribution in [3.05, 3.63) is 18.0 Å². The Bertz CT molecular complexity index is 355. The summed E-state index contributed by atoms with van der Waals surface area (Å²) in [5.41, 5.74) is 0.936. The van der Waals surface area contributed by atoms with E-state index >= 15 is 0 Å². The molecule has 0 radical (unpaired) electrons. The number of carbonyl (C=O) groups is 1. The molecule has 1 amide bonds. The number of nitrogens with zero attached hydrogens (tertiary/aromatic N) is 2. The quantitative estimate of drug-likeness (QED) is 0.846. The van der Waals surface area contributed by atoms with E-state index in [0.717, 1.165) is 18.8 Å². The molecule has 2 rings (SSSR count). The maximum atomic E-state index is 12.1. The Morgan fingerprint density at radius 1 is 1.44 bits per heavy atom. The van der Waals surface area contributed by atoms with Gasteiger partial charge in [-0.15, -0.1) is 0 Å². The van der Waals surface area contributed by atoms with Crippen LogP contribution < -0.4 is 5.32 Å². The zero-order valence-corrected chi connectivity index (χ0v) is 11.0. The minimum atomic E-state index is -0.0361. The minimum absolute atomic E-state index is 0.0361. The van der Waals surface area contributed by atoms with Crippen LogP contribution in [0.15, 0.2) is 12.3 Å². The van der Waals surface area contributed by atoms with Crippen molar-refractivity contribution in [1.82, 2.24) is 20.4 Å². The molecule has 1 saturated heterocycles. The van der Waals surface area contributed by atoms with Crippen LogP contribution in [0.25, 0.3) is 0 Å². The number of hydrogen-bond acceptors (Lipinski definition) is 3. The Kier molecular flexibility index (Phi) is 4.75. The summed E-state index contributed by atoms with van der Waals surface area (Å²) in [7, 11) is 0. The number of nitrogens with one attached hydrogen (secondary N) is 2. The number of H-pyrrole nitrogens is 1. The molecule has 1 aliphatic heterocycles. The summed E-state index contributed by atoms with van der Waals surface area (Å²) in [6.45, 7) is 4.60. The van der Waals surface area contributed by atoms with Gasteiger partial charge in [0.15, 0.2) is 0 Å². The van der Waals surface area contributed by atoms with Gasteiger partial charge >= 0.3 is 0 Å². The molecule has 0 unspecified atom stereocenters. The second-order valence-corrected chi connectivity index (χ2v) is 4.93. The summed E-state index contributed by atoms with van der Waals surface area (Å²) in [6, 6.07) is 1.84. The summed E-state index contributed by atoms with van der Waals surface area (Å²) < 4.78 is 0. The van der Waals surface area contributed by atoms with Crippen LogP contribution >= 0.6 is 0 Å². The van der Waals surface area contributed by atoms with Gasteiger partial charge < -0.3 is 5.32 Å². The highest BCUT2D eigenvalue weighted by Gasteiger charge is 2.21. The van der Waals surface area contributed by atoms with E-state index in [1.54, 1.807) is 6.20 Å². The van der Waals surface area contributed by atoms with Gasteiger partial charge in [-0.3, -0.25) is 14.8 Å². The van der Waals surface area contributed by atoms with Crippen LogP contribution in [-0.4, -0.2) is 40.1 Å². The number of aromatic nitrogens is 2. The third-order valence-electron chi connectivity index (χ3n) is 3.58. The monoisotopic (exact) mass is 250 g/mol. The third kappa shape index (κ3) is 3.57. The summed E-state index contributed by atoms with van der Waals surface area (Å²) in [5.74, 6) is 0.103. The van der Waals surface area contributed by atoms with Gasteiger partial charge in [-0.05, 0) is 38.9 Å². The van der Waals surface area contributed by atoms with Crippen molar-refractivity contribution in [3.63, 3.8) is 0 Å². The van der Waals surface area contributed by atoms with Crippen LogP contribution in [0.2, 0.25) is 0 Å². The fraction of sp³-hybridized carbons (Fsp3) is 0.692. The van der Waals surface area contributed by atoms with Crippen molar-refractivity contribution >= 4 is 5.91 Å². The van der Waals surface area contributed by atoms with E-state index in [1.807, 2.05) is 13.0 Å². The van der Waals surface area contributed by atoms with Crippen molar-refractivity contribution in [3.8, 4) is 0 Å². The molecule has 2 heterocycles. The minimum Gasteiger partial charge on any atom is -0.349 e. The summed E-state index contributed by atoms with van der Waals surface area (Å²) in [5, 5.41) is 9.65. The second kappa shape index (κ2) is 6.54. The molecule has 0 aromatic carbocycles. The van der Waals surface area contributed by atoms with E-state index in [2.05, 4.69) is 20.4 Å². The number of hydrogen-bond donors (Lipinski definition) is 2. The Balaban J connectivity index is 1.79. The van der Waals surface area contributed by atoms with E-state index in [0.29, 0.717) is 6.54 Å². The van der Waals surface area contributed by atoms with Gasteiger partial charge in [-0.1, -0.05) is 12.8 Å². The molecule has 0 saturated carbocycles. The normalized spacial score (nSPS) is 19.2. The van der Waals surface area contributed by atoms with Gasteiger partial charge in [0, 0.05) is 6.20 Å². The van der Waals surface area contributed by atoms with Crippen molar-refractivity contribution in [2.24, 2.45) is 0 Å². The first-order chi connectivity index (χ1) is 8.77. The number of carbonyl (C=O) groups excluding carboxylic acids is 1. The van der Waals surface area contributed by atoms with Crippen LogP contribution in [0.3, 0.4) is 0 Å². The lowest BCUT2D eigenvalue weighted by Crippen LogP contribution is -2.45. The Hall–Kier alpha value is -1.36. The van der Waals surface area contributed by atoms with Crippen LogP contribution in [0, 0.1) is 0 Å². The van der Waals surface area contributed by atoms with Gasteiger partial charge in [0.1, 0.15) is 0 Å². The first-order valence-electron chi connectivity index (χ1n) is 6.77. The van der Waals surface area contributed by atoms with Crippen molar-refractivity contribution < 1.29 is 4.79 Å². The Morgan fingerprint density at radius 3 is 2.78 bits per heavy atom. The Morgan fingerprint density at radius 2 is 2.17 bits per heavy atom. The topological polar surface area (TPSA) is 61.0 Å². The zero-order chi connectivity index (χ0) is 12.8. The van der Waals surface area contributed by atoms with Gasteiger partial charge in [0.2, 0.25) is 5.91 Å². The number of likely N-dealkylation sites (tertiary alicyclic amines) is 1. The maximum Gasteiger partial charge on any atom is 0.237 e. The molecule has 1 aliphatic rings. The van der Waals surface area contributed by atoms with Crippen LogP contribution in [0.1, 0.15) is 38.3 Å². The molecular formula is C13H22N4O. The van der Waals surface area contributed by atoms with E-state index in [9.17, 15) is 4.79 Å². The molecule has 0 aliphatic carbocycles. The molecular weight excluding hydrogens is 228 g/mol. The van der Waals surface area contributed by atoms with Crippen LogP contribution in [0.5, 0.6) is 0 Å². The van der Waals surface area contributed by atoms with Crippen molar-refractivity contribution in [2.45, 2.75) is 45.2 Å². The highest BCUT2D eigenvalue weighted by Crippen LogP contribution is 2.12. The molecule has 1 aromatic rings. The van der Waals surface area contributed by atoms with Gasteiger partial charge in [0.25, 0.3) is 0 Å². The first kappa shape index (κ1) is 13.1. The summed E-state index contributed by atoms with van der Waals surface area (Å²) >= 11 is 0. The largest absolute Gasteiger partial charge is 0.349 e. The predicted molar refractivity (Wildman–Crippen MR) is 69.9 cm³/mol. The summed E-state index contributed by atoms with van der Waals surface area (Å²) in [4.78, 5) is 14.3. The predicted octanol–water partition coefficient (Wildman–Crippen LogP) is 1.29. The van der Waals surface area contributed by atoms with Crippen molar-refractivity contribution in [1.29, 1.82) is 0 Å². The number of amides is 1. The lowest BCUT2D eigenvalue weighted by Gasteiger charge is -2.26. The van der Waals surface area contributed by atoms with Crippen LogP contribution in [-0.2, 0) is 11.3 Å². The molecule has 1 aromatic heterocycles. The van der Waals surface area contributed by atoms with Gasteiger partial charge in [-0.2, -0.15) is 5.10 Å². The SMILES string of the molecule is C[C@@H](C(=O)NCc1ccn[nH]1)N1CCCCCC1. The lowest BCUT2D eigenvalue weighted by atomic mass is 10.2. The fourth-order valence-corrected chi connectivity index (χ4v) is 2.36. The third-order valence-corrected chi connectivity index (χ3v) is 3.58. The highest BCUT2D eigenvalue weighted by molar-refractivity contribution is 5.81. The molecule has 100 valence electrons. The average Bonchev–Trinajstić information content (AvgIpc) is 2.75. The standard InChI is InChI=1S/C13H22N4O/c1-11(17-8-4-2-3-5-9-17)13(18)14-10-12-6-7-15-16-12/h6-7,11H,2-5,8-10H2,1H3,(H,14,18)(H,15,16)/t11-/m0/s1. The second-order valence-electron chi connectivity index (χ2n) is 4.93. The molecule has 5 heteroatoms. The van der Waals surface area contributed by atoms with E-state index in [4.69, 9.17) is 0 Å². The zero-order valence-electron chi connectivity index (χ0n) is 11.0. The van der Waals surface area contributed by atoms with Crippen LogP contribution in [0.4, 0.5) is 0 Å². The Labute approximate surface area is 108 Å². The first-order valence-corrected chi connectivity index (χ1v) is 6.77. The molecule has 2 N–H and O–H groups in total. The van der Waals surface area contributed by atoms with E-state index < -0.39 is 0 Å². The molecule has 5 nitrogen and oxygen atoms in total. The van der Waals surface area contributed by atoms with Crippen molar-refractivity contribution in [2.75, 3.05) is 13.1 Å². The number of aromatic amines is 1. The average molecular weight is 250 g/mol. The molecule has 0 spiro atoms. The van der Waals surface area contributed by atoms with E-state index in [1.165, 1.54) is 25.7 Å². The van der Waals surface area contributed by atoms with Gasteiger partial charge in [0.05, 0.1) is 18.3 Å². The number of rotatable bonds is 4.